The van der Waals surface area contributed by atoms with Crippen LogP contribution >= 0.6 is 7.82 Å². The first-order valence-corrected chi connectivity index (χ1v) is 5.71. The van der Waals surface area contributed by atoms with E-state index in [0.717, 1.165) is 0 Å². The molecule has 0 spiro atoms. The number of benzene rings is 1. The van der Waals surface area contributed by atoms with Crippen LogP contribution in [0.25, 0.3) is 0 Å². The number of hydrogen-bond acceptors (Lipinski definition) is 6. The van der Waals surface area contributed by atoms with E-state index >= 15 is 0 Å². The molecule has 0 saturated heterocycles. The van der Waals surface area contributed by atoms with Gasteiger partial charge < -0.3 is 18.9 Å². The van der Waals surface area contributed by atoms with Gasteiger partial charge >= 0.3 is 59.1 Å². The van der Waals surface area contributed by atoms with Gasteiger partial charge in [0, 0.05) is 6.07 Å². The fourth-order valence-electron chi connectivity index (χ4n) is 1.25. The van der Waals surface area contributed by atoms with Crippen LogP contribution in [0, 0.1) is 10.1 Å². The predicted molar refractivity (Wildman–Crippen MR) is 50.2 cm³/mol. The zero-order valence-corrected chi connectivity index (χ0v) is 15.1. The Labute approximate surface area is 148 Å². The summed E-state index contributed by atoms with van der Waals surface area (Å²) in [5.41, 5.74) is -0.247. The van der Waals surface area contributed by atoms with Crippen LogP contribution in [0.4, 0.5) is 5.69 Å². The Bertz CT molecular complexity index is 451. The summed E-state index contributed by atoms with van der Waals surface area (Å²) in [4.78, 5) is 30.7. The Hall–Kier alpha value is 0.730. The maximum Gasteiger partial charge on any atom is 1.00 e. The van der Waals surface area contributed by atoms with Crippen molar-refractivity contribution in [2.45, 2.75) is 13.0 Å². The van der Waals surface area contributed by atoms with Gasteiger partial charge in [-0.2, -0.15) is 0 Å². The molecule has 0 fully saturated rings. The van der Waals surface area contributed by atoms with E-state index in [1.807, 2.05) is 0 Å². The first-order chi connectivity index (χ1) is 7.31. The van der Waals surface area contributed by atoms with Crippen LogP contribution in [0.3, 0.4) is 0 Å². The minimum Gasteiger partial charge on any atom is -0.790 e. The van der Waals surface area contributed by atoms with Crippen molar-refractivity contribution in [2.75, 3.05) is 0 Å². The van der Waals surface area contributed by atoms with Gasteiger partial charge in [-0.1, -0.05) is 12.1 Å². The second-order valence-electron chi connectivity index (χ2n) is 3.01. The van der Waals surface area contributed by atoms with Crippen molar-refractivity contribution in [1.29, 1.82) is 0 Å². The SMILES string of the molecule is CC(OP(=O)([O-])[O-])c1ccccc1[N+](=O)[O-].[Na+].[Na+]. The van der Waals surface area contributed by atoms with Gasteiger partial charge in [-0.25, -0.2) is 0 Å². The second-order valence-corrected chi connectivity index (χ2v) is 4.12. The normalized spacial score (nSPS) is 11.9. The molecule has 0 aliphatic carbocycles. The Morgan fingerprint density at radius 2 is 1.78 bits per heavy atom. The smallest absolute Gasteiger partial charge is 0.790 e. The van der Waals surface area contributed by atoms with Crippen LogP contribution in [0.5, 0.6) is 0 Å². The molecule has 0 aliphatic heterocycles. The molecule has 88 valence electrons. The van der Waals surface area contributed by atoms with Gasteiger partial charge in [-0.05, 0) is 13.0 Å². The average molecular weight is 291 g/mol. The van der Waals surface area contributed by atoms with E-state index in [1.54, 1.807) is 0 Å². The maximum atomic E-state index is 10.6. The molecule has 18 heavy (non-hydrogen) atoms. The van der Waals surface area contributed by atoms with E-state index in [-0.39, 0.29) is 70.4 Å². The molecule has 0 N–H and O–H groups in total. The molecular weight excluding hydrogens is 283 g/mol. The standard InChI is InChI=1S/C8H10NO6P.2Na/c1-6(15-16(12,13)14)7-4-2-3-5-8(7)9(10)11;;/h2-6H,1H3,(H2,12,13,14);;/q;2*+1/p-2. The van der Waals surface area contributed by atoms with Gasteiger partial charge in [0.2, 0.25) is 0 Å². The summed E-state index contributed by atoms with van der Waals surface area (Å²) in [6.07, 6.45) is -1.18. The van der Waals surface area contributed by atoms with E-state index in [4.69, 9.17) is 0 Å². The van der Waals surface area contributed by atoms with Gasteiger partial charge in [0.1, 0.15) is 0 Å². The van der Waals surface area contributed by atoms with Crippen molar-refractivity contribution in [1.82, 2.24) is 0 Å². The van der Waals surface area contributed by atoms with Crippen LogP contribution in [-0.4, -0.2) is 4.92 Å². The molecule has 0 amide bonds. The number of phosphoric acid groups is 1. The van der Waals surface area contributed by atoms with Crippen molar-refractivity contribution in [3.63, 3.8) is 0 Å². The largest absolute Gasteiger partial charge is 1.00 e. The summed E-state index contributed by atoms with van der Waals surface area (Å²) in [5, 5.41) is 10.6. The number of hydrogen-bond donors (Lipinski definition) is 0. The van der Waals surface area contributed by atoms with Crippen molar-refractivity contribution in [3.8, 4) is 0 Å². The minimum atomic E-state index is -5.16. The average Bonchev–Trinajstić information content (AvgIpc) is 2.15. The third-order valence-corrected chi connectivity index (χ3v) is 2.43. The molecule has 0 bridgehead atoms. The van der Waals surface area contributed by atoms with Crippen LogP contribution in [-0.2, 0) is 9.09 Å². The molecule has 0 saturated carbocycles. The summed E-state index contributed by atoms with van der Waals surface area (Å²) in [5.74, 6) is 0. The molecule has 0 aliphatic rings. The van der Waals surface area contributed by atoms with Crippen LogP contribution in [0.15, 0.2) is 24.3 Å². The molecule has 1 atom stereocenters. The summed E-state index contributed by atoms with van der Waals surface area (Å²) in [7, 11) is -5.16. The first kappa shape index (κ1) is 21.0. The molecule has 0 heterocycles. The number of rotatable bonds is 4. The van der Waals surface area contributed by atoms with Crippen LogP contribution < -0.4 is 68.9 Å². The van der Waals surface area contributed by atoms with Gasteiger partial charge in [-0.3, -0.25) is 10.1 Å². The molecule has 10 heteroatoms. The summed E-state index contributed by atoms with van der Waals surface area (Å²) in [6.45, 7) is 1.25. The molecule has 1 aromatic rings. The predicted octanol–water partition coefficient (Wildman–Crippen LogP) is -5.49. The van der Waals surface area contributed by atoms with Gasteiger partial charge in [0.25, 0.3) is 5.69 Å². The van der Waals surface area contributed by atoms with E-state index in [9.17, 15) is 24.5 Å². The molecule has 1 unspecified atom stereocenters. The fourth-order valence-corrected chi connectivity index (χ4v) is 1.75. The zero-order chi connectivity index (χ0) is 12.3. The Balaban J connectivity index is 0. The molecule has 0 radical (unpaired) electrons. The van der Waals surface area contributed by atoms with Crippen LogP contribution in [0.2, 0.25) is 0 Å². The Morgan fingerprint density at radius 3 is 2.22 bits per heavy atom. The number of para-hydroxylation sites is 1. The van der Waals surface area contributed by atoms with E-state index < -0.39 is 18.8 Å². The van der Waals surface area contributed by atoms with Crippen molar-refractivity contribution < 1.29 is 82.9 Å². The molecule has 7 nitrogen and oxygen atoms in total. The third-order valence-electron chi connectivity index (χ3n) is 1.86. The summed E-state index contributed by atoms with van der Waals surface area (Å²) in [6, 6.07) is 5.46. The van der Waals surface area contributed by atoms with Gasteiger partial charge in [0.05, 0.1) is 24.4 Å². The van der Waals surface area contributed by atoms with Gasteiger partial charge in [-0.15, -0.1) is 0 Å². The topological polar surface area (TPSA) is 116 Å². The van der Waals surface area contributed by atoms with Crippen molar-refractivity contribution >= 4 is 13.5 Å². The Kier molecular flexibility index (Phi) is 10.3. The van der Waals surface area contributed by atoms with Crippen LogP contribution in [0.1, 0.15) is 18.6 Å². The summed E-state index contributed by atoms with van der Waals surface area (Å²) >= 11 is 0. The molecular formula is C8H8NNa2O6P. The zero-order valence-electron chi connectivity index (χ0n) is 10.2. The molecule has 1 aromatic carbocycles. The van der Waals surface area contributed by atoms with Crippen molar-refractivity contribution in [2.24, 2.45) is 0 Å². The summed E-state index contributed by atoms with van der Waals surface area (Å²) < 4.78 is 14.5. The fraction of sp³-hybridized carbons (Fsp3) is 0.250. The Morgan fingerprint density at radius 1 is 1.28 bits per heavy atom. The first-order valence-electron chi connectivity index (χ1n) is 4.25. The number of nitro groups is 1. The van der Waals surface area contributed by atoms with E-state index in [0.29, 0.717) is 0 Å². The maximum absolute atomic E-state index is 10.6. The monoisotopic (exact) mass is 291 g/mol. The minimum absolute atomic E-state index is 0. The van der Waals surface area contributed by atoms with Gasteiger partial charge in [0.15, 0.2) is 0 Å². The third kappa shape index (κ3) is 6.77. The van der Waals surface area contributed by atoms with E-state index in [1.165, 1.54) is 31.2 Å². The second kappa shape index (κ2) is 8.81. The number of phosphoric ester groups is 1. The number of nitro benzene ring substituents is 1. The van der Waals surface area contributed by atoms with E-state index in [2.05, 4.69) is 4.52 Å². The number of nitrogens with zero attached hydrogens (tertiary/aromatic N) is 1. The quantitative estimate of drug-likeness (QED) is 0.236. The van der Waals surface area contributed by atoms with Crippen molar-refractivity contribution in [3.05, 3.63) is 39.9 Å². The molecule has 1 rings (SSSR count). The molecule has 0 aromatic heterocycles.